The van der Waals surface area contributed by atoms with Crippen LogP contribution in [0.4, 0.5) is 0 Å². The molecule has 1 saturated heterocycles. The molecule has 1 aromatic rings. The van der Waals surface area contributed by atoms with Gasteiger partial charge in [0.05, 0.1) is 0 Å². The molecule has 0 amide bonds. The zero-order valence-corrected chi connectivity index (χ0v) is 10.9. The van der Waals surface area contributed by atoms with Gasteiger partial charge in [-0.1, -0.05) is 12.1 Å². The summed E-state index contributed by atoms with van der Waals surface area (Å²) in [5.74, 6) is 2.44. The Kier molecular flexibility index (Phi) is 3.19. The molecule has 19 heavy (non-hydrogen) atoms. The SMILES string of the molecule is N=C(N)N1CCC[C@H](Cc2cccc3c2OCO3)C1. The van der Waals surface area contributed by atoms with Crippen LogP contribution in [0.15, 0.2) is 18.2 Å². The number of benzene rings is 1. The highest BCUT2D eigenvalue weighted by atomic mass is 16.7. The van der Waals surface area contributed by atoms with E-state index in [0.29, 0.717) is 12.7 Å². The molecule has 2 heterocycles. The van der Waals surface area contributed by atoms with Gasteiger partial charge < -0.3 is 20.1 Å². The Bertz CT molecular complexity index is 490. The van der Waals surface area contributed by atoms with E-state index < -0.39 is 0 Å². The molecule has 5 nitrogen and oxygen atoms in total. The quantitative estimate of drug-likeness (QED) is 0.626. The molecule has 3 N–H and O–H groups in total. The standard InChI is InChI=1S/C14H19N3O2/c15-14(16)17-6-2-3-10(8-17)7-11-4-1-5-12-13(11)19-9-18-12/h1,4-5,10H,2-3,6-9H2,(H3,15,16)/t10-/m1/s1. The first-order valence-corrected chi connectivity index (χ1v) is 6.70. The van der Waals surface area contributed by atoms with Gasteiger partial charge in [0.15, 0.2) is 17.5 Å². The molecular formula is C14H19N3O2. The third-order valence-electron chi connectivity index (χ3n) is 3.85. The molecule has 2 aliphatic rings. The van der Waals surface area contributed by atoms with E-state index in [1.807, 2.05) is 17.0 Å². The third kappa shape index (κ3) is 2.45. The number of fused-ring (bicyclic) bond motifs is 1. The first-order chi connectivity index (χ1) is 9.24. The molecular weight excluding hydrogens is 242 g/mol. The van der Waals surface area contributed by atoms with Gasteiger partial charge in [-0.05, 0) is 36.8 Å². The minimum absolute atomic E-state index is 0.183. The van der Waals surface area contributed by atoms with Crippen LogP contribution in [0.25, 0.3) is 0 Å². The fourth-order valence-electron chi connectivity index (χ4n) is 2.91. The van der Waals surface area contributed by atoms with E-state index >= 15 is 0 Å². The summed E-state index contributed by atoms with van der Waals surface area (Å²) < 4.78 is 10.9. The van der Waals surface area contributed by atoms with Crippen LogP contribution in [0.1, 0.15) is 18.4 Å². The second-order valence-electron chi connectivity index (χ2n) is 5.19. The Labute approximate surface area is 112 Å². The highest BCUT2D eigenvalue weighted by Gasteiger charge is 2.24. The van der Waals surface area contributed by atoms with Crippen molar-refractivity contribution in [3.63, 3.8) is 0 Å². The van der Waals surface area contributed by atoms with E-state index in [9.17, 15) is 0 Å². The number of nitrogens with one attached hydrogen (secondary N) is 1. The number of hydrogen-bond donors (Lipinski definition) is 2. The Balaban J connectivity index is 1.71. The van der Waals surface area contributed by atoms with Crippen LogP contribution in [0.2, 0.25) is 0 Å². The summed E-state index contributed by atoms with van der Waals surface area (Å²) in [5.41, 5.74) is 6.78. The summed E-state index contributed by atoms with van der Waals surface area (Å²) >= 11 is 0. The lowest BCUT2D eigenvalue weighted by Gasteiger charge is -2.33. The molecule has 0 bridgehead atoms. The summed E-state index contributed by atoms with van der Waals surface area (Å²) in [7, 11) is 0. The van der Waals surface area contributed by atoms with Crippen molar-refractivity contribution in [3.8, 4) is 11.5 Å². The average molecular weight is 261 g/mol. The van der Waals surface area contributed by atoms with Crippen molar-refractivity contribution < 1.29 is 9.47 Å². The largest absolute Gasteiger partial charge is 0.454 e. The van der Waals surface area contributed by atoms with Gasteiger partial charge >= 0.3 is 0 Å². The summed E-state index contributed by atoms with van der Waals surface area (Å²) in [4.78, 5) is 1.95. The first kappa shape index (κ1) is 12.1. The molecule has 102 valence electrons. The molecule has 1 atom stereocenters. The van der Waals surface area contributed by atoms with Crippen molar-refractivity contribution in [3.05, 3.63) is 23.8 Å². The van der Waals surface area contributed by atoms with Crippen molar-refractivity contribution in [1.29, 1.82) is 5.41 Å². The second-order valence-corrected chi connectivity index (χ2v) is 5.19. The maximum atomic E-state index is 7.54. The number of ether oxygens (including phenoxy) is 2. The van der Waals surface area contributed by atoms with E-state index in [-0.39, 0.29) is 5.96 Å². The lowest BCUT2D eigenvalue weighted by atomic mass is 9.91. The van der Waals surface area contributed by atoms with Crippen LogP contribution >= 0.6 is 0 Å². The van der Waals surface area contributed by atoms with E-state index in [2.05, 4.69) is 6.07 Å². The van der Waals surface area contributed by atoms with Gasteiger partial charge in [0, 0.05) is 13.1 Å². The lowest BCUT2D eigenvalue weighted by Crippen LogP contribution is -2.43. The van der Waals surface area contributed by atoms with Crippen molar-refractivity contribution in [2.24, 2.45) is 11.7 Å². The Morgan fingerprint density at radius 2 is 2.32 bits per heavy atom. The summed E-state index contributed by atoms with van der Waals surface area (Å²) in [6.07, 6.45) is 3.22. The van der Waals surface area contributed by atoms with Crippen molar-refractivity contribution >= 4 is 5.96 Å². The maximum Gasteiger partial charge on any atom is 0.231 e. The zero-order valence-electron chi connectivity index (χ0n) is 10.9. The van der Waals surface area contributed by atoms with E-state index in [1.165, 1.54) is 12.0 Å². The molecule has 0 saturated carbocycles. The molecule has 3 rings (SSSR count). The fourth-order valence-corrected chi connectivity index (χ4v) is 2.91. The molecule has 0 unspecified atom stereocenters. The average Bonchev–Trinajstić information content (AvgIpc) is 2.88. The van der Waals surface area contributed by atoms with Gasteiger partial charge in [-0.25, -0.2) is 0 Å². The smallest absolute Gasteiger partial charge is 0.231 e. The normalized spacial score (nSPS) is 21.5. The summed E-state index contributed by atoms with van der Waals surface area (Å²) in [6.45, 7) is 2.08. The van der Waals surface area contributed by atoms with Gasteiger partial charge in [0.2, 0.25) is 6.79 Å². The van der Waals surface area contributed by atoms with E-state index in [1.54, 1.807) is 0 Å². The number of rotatable bonds is 2. The molecule has 1 aromatic carbocycles. The lowest BCUT2D eigenvalue weighted by molar-refractivity contribution is 0.172. The first-order valence-electron chi connectivity index (χ1n) is 6.70. The molecule has 5 heteroatoms. The minimum atomic E-state index is 0.183. The Morgan fingerprint density at radius 1 is 1.42 bits per heavy atom. The van der Waals surface area contributed by atoms with Crippen LogP contribution < -0.4 is 15.2 Å². The van der Waals surface area contributed by atoms with Gasteiger partial charge in [-0.15, -0.1) is 0 Å². The number of para-hydroxylation sites is 1. The molecule has 0 radical (unpaired) electrons. The highest BCUT2D eigenvalue weighted by molar-refractivity contribution is 5.74. The van der Waals surface area contributed by atoms with Gasteiger partial charge in [-0.2, -0.15) is 0 Å². The summed E-state index contributed by atoms with van der Waals surface area (Å²) in [6, 6.07) is 6.04. The second kappa shape index (κ2) is 4.99. The number of guanidine groups is 1. The topological polar surface area (TPSA) is 71.6 Å². The van der Waals surface area contributed by atoms with Crippen LogP contribution in [-0.4, -0.2) is 30.7 Å². The number of likely N-dealkylation sites (tertiary alicyclic amines) is 1. The van der Waals surface area contributed by atoms with E-state index in [0.717, 1.165) is 37.4 Å². The van der Waals surface area contributed by atoms with Crippen LogP contribution in [0, 0.1) is 11.3 Å². The maximum absolute atomic E-state index is 7.54. The molecule has 2 aliphatic heterocycles. The van der Waals surface area contributed by atoms with Crippen molar-refractivity contribution in [1.82, 2.24) is 4.90 Å². The Morgan fingerprint density at radius 3 is 3.16 bits per heavy atom. The molecule has 0 aromatic heterocycles. The number of hydrogen-bond acceptors (Lipinski definition) is 3. The number of nitrogens with zero attached hydrogens (tertiary/aromatic N) is 1. The van der Waals surface area contributed by atoms with Crippen molar-refractivity contribution in [2.75, 3.05) is 19.9 Å². The molecule has 0 spiro atoms. The number of nitrogens with two attached hydrogens (primary N) is 1. The van der Waals surface area contributed by atoms with E-state index in [4.69, 9.17) is 20.6 Å². The van der Waals surface area contributed by atoms with Gasteiger partial charge in [0.25, 0.3) is 0 Å². The molecule has 1 fully saturated rings. The number of piperidine rings is 1. The van der Waals surface area contributed by atoms with Crippen LogP contribution in [0.5, 0.6) is 11.5 Å². The summed E-state index contributed by atoms with van der Waals surface area (Å²) in [5, 5.41) is 7.54. The van der Waals surface area contributed by atoms with Crippen LogP contribution in [0.3, 0.4) is 0 Å². The van der Waals surface area contributed by atoms with Crippen molar-refractivity contribution in [2.45, 2.75) is 19.3 Å². The minimum Gasteiger partial charge on any atom is -0.454 e. The zero-order chi connectivity index (χ0) is 13.2. The predicted octanol–water partition coefficient (Wildman–Crippen LogP) is 1.56. The predicted molar refractivity (Wildman–Crippen MR) is 72.5 cm³/mol. The van der Waals surface area contributed by atoms with Crippen LogP contribution in [-0.2, 0) is 6.42 Å². The van der Waals surface area contributed by atoms with Gasteiger partial charge in [-0.3, -0.25) is 5.41 Å². The molecule has 0 aliphatic carbocycles. The Hall–Kier alpha value is -1.91. The monoisotopic (exact) mass is 261 g/mol. The third-order valence-corrected chi connectivity index (χ3v) is 3.85. The fraction of sp³-hybridized carbons (Fsp3) is 0.500. The van der Waals surface area contributed by atoms with Gasteiger partial charge in [0.1, 0.15) is 0 Å². The highest BCUT2D eigenvalue weighted by Crippen LogP contribution is 2.37.